The first kappa shape index (κ1) is 19.7. The summed E-state index contributed by atoms with van der Waals surface area (Å²) in [6.45, 7) is 1.18. The van der Waals surface area contributed by atoms with Gasteiger partial charge in [0.1, 0.15) is 11.6 Å². The minimum absolute atomic E-state index is 0.142. The molecule has 0 fully saturated rings. The van der Waals surface area contributed by atoms with E-state index in [4.69, 9.17) is 16.3 Å². The summed E-state index contributed by atoms with van der Waals surface area (Å²) in [5, 5.41) is 6.84. The molecule has 0 aliphatic carbocycles. The number of hydrogen-bond acceptors (Lipinski definition) is 4. The Balaban J connectivity index is 1.46. The highest BCUT2D eigenvalue weighted by Crippen LogP contribution is 2.13. The van der Waals surface area contributed by atoms with Gasteiger partial charge in [0.25, 0.3) is 5.91 Å². The molecule has 0 atom stereocenters. The fraction of sp³-hybridized carbons (Fsp3) is 0.182. The van der Waals surface area contributed by atoms with Crippen LogP contribution in [-0.4, -0.2) is 24.5 Å². The summed E-state index contributed by atoms with van der Waals surface area (Å²) in [7, 11) is 1.65. The Morgan fingerprint density at radius 1 is 1.07 bits per heavy atom. The number of benzene rings is 2. The quantitative estimate of drug-likeness (QED) is 0.596. The van der Waals surface area contributed by atoms with E-state index in [0.717, 1.165) is 23.3 Å². The molecule has 1 amide bonds. The van der Waals surface area contributed by atoms with Crippen molar-refractivity contribution in [3.05, 3.63) is 88.6 Å². The first-order valence-electron chi connectivity index (χ1n) is 8.99. The minimum atomic E-state index is -0.142. The molecular formula is C22H22ClN3O2. The van der Waals surface area contributed by atoms with Crippen molar-refractivity contribution in [2.45, 2.75) is 13.0 Å². The molecule has 2 aromatic carbocycles. The number of methoxy groups -OCH3 is 1. The number of halogens is 1. The maximum Gasteiger partial charge on any atom is 0.252 e. The summed E-state index contributed by atoms with van der Waals surface area (Å²) in [6.07, 6.45) is 2.30. The van der Waals surface area contributed by atoms with E-state index in [1.54, 1.807) is 25.4 Å². The number of anilines is 1. The molecule has 3 rings (SSSR count). The monoisotopic (exact) mass is 395 g/mol. The molecule has 6 heteroatoms. The maximum atomic E-state index is 12.2. The Bertz CT molecular complexity index is 912. The highest BCUT2D eigenvalue weighted by atomic mass is 35.5. The van der Waals surface area contributed by atoms with Gasteiger partial charge in [0.05, 0.1) is 12.7 Å². The van der Waals surface area contributed by atoms with E-state index in [1.165, 1.54) is 0 Å². The molecule has 2 N–H and O–H groups in total. The number of nitrogens with zero attached hydrogens (tertiary/aromatic N) is 1. The number of aromatic nitrogens is 1. The first-order chi connectivity index (χ1) is 13.6. The number of carbonyl (C=O) groups is 1. The average Bonchev–Trinajstić information content (AvgIpc) is 2.73. The van der Waals surface area contributed by atoms with Gasteiger partial charge in [-0.3, -0.25) is 4.79 Å². The second kappa shape index (κ2) is 9.76. The van der Waals surface area contributed by atoms with E-state index >= 15 is 0 Å². The molecule has 3 aromatic rings. The van der Waals surface area contributed by atoms with E-state index in [-0.39, 0.29) is 5.91 Å². The largest absolute Gasteiger partial charge is 0.497 e. The Kier molecular flexibility index (Phi) is 6.87. The normalized spacial score (nSPS) is 10.4. The van der Waals surface area contributed by atoms with Gasteiger partial charge in [-0.05, 0) is 53.9 Å². The highest BCUT2D eigenvalue weighted by molar-refractivity contribution is 6.30. The lowest BCUT2D eigenvalue weighted by molar-refractivity contribution is 0.0954. The molecule has 0 saturated carbocycles. The molecule has 0 aliphatic rings. The number of amides is 1. The van der Waals surface area contributed by atoms with Crippen LogP contribution in [0, 0.1) is 0 Å². The van der Waals surface area contributed by atoms with E-state index in [1.807, 2.05) is 48.5 Å². The molecule has 0 spiro atoms. The van der Waals surface area contributed by atoms with Crippen molar-refractivity contribution in [3.63, 3.8) is 0 Å². The van der Waals surface area contributed by atoms with Gasteiger partial charge in [0, 0.05) is 24.3 Å². The van der Waals surface area contributed by atoms with E-state index in [0.29, 0.717) is 29.5 Å². The number of carbonyl (C=O) groups excluding carboxylic acids is 1. The van der Waals surface area contributed by atoms with Crippen molar-refractivity contribution in [1.29, 1.82) is 0 Å². The van der Waals surface area contributed by atoms with Gasteiger partial charge in [0.2, 0.25) is 0 Å². The van der Waals surface area contributed by atoms with Gasteiger partial charge in [-0.2, -0.15) is 0 Å². The minimum Gasteiger partial charge on any atom is -0.497 e. The third-order valence-electron chi connectivity index (χ3n) is 4.25. The average molecular weight is 396 g/mol. The lowest BCUT2D eigenvalue weighted by Crippen LogP contribution is -2.25. The van der Waals surface area contributed by atoms with Crippen molar-refractivity contribution in [3.8, 4) is 5.75 Å². The lowest BCUT2D eigenvalue weighted by atomic mass is 10.1. The topological polar surface area (TPSA) is 63.2 Å². The second-order valence-corrected chi connectivity index (χ2v) is 6.71. The maximum absolute atomic E-state index is 12.2. The lowest BCUT2D eigenvalue weighted by Gasteiger charge is -2.08. The van der Waals surface area contributed by atoms with Crippen LogP contribution in [0.3, 0.4) is 0 Å². The van der Waals surface area contributed by atoms with Crippen molar-refractivity contribution in [2.75, 3.05) is 19.0 Å². The third-order valence-corrected chi connectivity index (χ3v) is 4.48. The van der Waals surface area contributed by atoms with E-state index in [2.05, 4.69) is 15.6 Å². The molecule has 0 bridgehead atoms. The molecule has 144 valence electrons. The molecule has 5 nitrogen and oxygen atoms in total. The fourth-order valence-corrected chi connectivity index (χ4v) is 2.90. The van der Waals surface area contributed by atoms with Crippen molar-refractivity contribution in [1.82, 2.24) is 10.3 Å². The Morgan fingerprint density at radius 3 is 2.57 bits per heavy atom. The van der Waals surface area contributed by atoms with E-state index < -0.39 is 0 Å². The summed E-state index contributed by atoms with van der Waals surface area (Å²) in [5.74, 6) is 1.40. The smallest absolute Gasteiger partial charge is 0.252 e. The number of hydrogen-bond donors (Lipinski definition) is 2. The van der Waals surface area contributed by atoms with Crippen LogP contribution < -0.4 is 15.4 Å². The fourth-order valence-electron chi connectivity index (χ4n) is 2.68. The predicted octanol–water partition coefficient (Wildman–Crippen LogP) is 4.33. The van der Waals surface area contributed by atoms with Crippen LogP contribution in [0.1, 0.15) is 21.5 Å². The molecule has 0 saturated heterocycles. The van der Waals surface area contributed by atoms with Crippen LogP contribution in [-0.2, 0) is 13.0 Å². The van der Waals surface area contributed by atoms with Crippen molar-refractivity contribution < 1.29 is 9.53 Å². The zero-order valence-corrected chi connectivity index (χ0v) is 16.4. The van der Waals surface area contributed by atoms with Gasteiger partial charge >= 0.3 is 0 Å². The van der Waals surface area contributed by atoms with Crippen LogP contribution >= 0.6 is 11.6 Å². The number of pyridine rings is 1. The summed E-state index contributed by atoms with van der Waals surface area (Å²) in [5.41, 5.74) is 2.73. The zero-order chi connectivity index (χ0) is 19.8. The SMILES string of the molecule is COc1ccc(CNc2ccc(C(=O)NCCc3cccc(Cl)c3)cn2)cc1. The predicted molar refractivity (Wildman–Crippen MR) is 112 cm³/mol. The van der Waals surface area contributed by atoms with Gasteiger partial charge < -0.3 is 15.4 Å². The Morgan fingerprint density at radius 2 is 1.89 bits per heavy atom. The number of rotatable bonds is 8. The summed E-state index contributed by atoms with van der Waals surface area (Å²) in [4.78, 5) is 16.6. The molecular weight excluding hydrogens is 374 g/mol. The second-order valence-electron chi connectivity index (χ2n) is 6.27. The number of nitrogens with one attached hydrogen (secondary N) is 2. The zero-order valence-electron chi connectivity index (χ0n) is 15.6. The van der Waals surface area contributed by atoms with Crippen molar-refractivity contribution >= 4 is 23.3 Å². The first-order valence-corrected chi connectivity index (χ1v) is 9.37. The molecule has 0 aliphatic heterocycles. The van der Waals surface area contributed by atoms with Crippen LogP contribution in [0.25, 0.3) is 0 Å². The Hall–Kier alpha value is -3.05. The molecule has 28 heavy (non-hydrogen) atoms. The van der Waals surface area contributed by atoms with Gasteiger partial charge in [-0.15, -0.1) is 0 Å². The van der Waals surface area contributed by atoms with E-state index in [9.17, 15) is 4.79 Å². The summed E-state index contributed by atoms with van der Waals surface area (Å²) >= 11 is 5.97. The van der Waals surface area contributed by atoms with Crippen molar-refractivity contribution in [2.24, 2.45) is 0 Å². The molecule has 0 radical (unpaired) electrons. The Labute approximate surface area is 169 Å². The molecule has 0 unspecified atom stereocenters. The molecule has 1 aromatic heterocycles. The molecule has 1 heterocycles. The van der Waals surface area contributed by atoms with Gasteiger partial charge in [0.15, 0.2) is 0 Å². The van der Waals surface area contributed by atoms with Crippen LogP contribution in [0.4, 0.5) is 5.82 Å². The van der Waals surface area contributed by atoms with Crippen LogP contribution in [0.15, 0.2) is 66.9 Å². The van der Waals surface area contributed by atoms with Crippen LogP contribution in [0.5, 0.6) is 5.75 Å². The highest BCUT2D eigenvalue weighted by Gasteiger charge is 2.06. The van der Waals surface area contributed by atoms with Crippen LogP contribution in [0.2, 0.25) is 5.02 Å². The van der Waals surface area contributed by atoms with Gasteiger partial charge in [-0.1, -0.05) is 35.9 Å². The standard InChI is InChI=1S/C22H22ClN3O2/c1-28-20-8-5-17(6-9-20)14-25-21-10-7-18(15-26-21)22(27)24-12-11-16-3-2-4-19(23)13-16/h2-10,13,15H,11-12,14H2,1H3,(H,24,27)(H,25,26). The third kappa shape index (κ3) is 5.72. The number of ether oxygens (including phenoxy) is 1. The summed E-state index contributed by atoms with van der Waals surface area (Å²) in [6, 6.07) is 19.0. The van der Waals surface area contributed by atoms with Gasteiger partial charge in [-0.25, -0.2) is 4.98 Å². The summed E-state index contributed by atoms with van der Waals surface area (Å²) < 4.78 is 5.15.